The molecule has 6 nitrogen and oxygen atoms in total. The van der Waals surface area contributed by atoms with Gasteiger partial charge in [0, 0.05) is 50.2 Å². The molecular weight excluding hydrogens is 427 g/mol. The highest BCUT2D eigenvalue weighted by molar-refractivity contribution is 7.10. The number of anilines is 1. The molecule has 3 heterocycles. The molecule has 1 aromatic heterocycles. The van der Waals surface area contributed by atoms with Gasteiger partial charge in [0.15, 0.2) is 0 Å². The second-order valence-corrected chi connectivity index (χ2v) is 9.53. The van der Waals surface area contributed by atoms with Gasteiger partial charge in [0.2, 0.25) is 0 Å². The molecule has 1 N–H and O–H groups in total. The van der Waals surface area contributed by atoms with Crippen molar-refractivity contribution in [3.8, 4) is 0 Å². The summed E-state index contributed by atoms with van der Waals surface area (Å²) in [5.41, 5.74) is 0.633. The van der Waals surface area contributed by atoms with E-state index in [0.29, 0.717) is 31.9 Å². The summed E-state index contributed by atoms with van der Waals surface area (Å²) in [7, 11) is 0. The van der Waals surface area contributed by atoms with Crippen LogP contribution in [0.5, 0.6) is 0 Å². The molecule has 1 aromatic carbocycles. The van der Waals surface area contributed by atoms with Gasteiger partial charge in [-0.25, -0.2) is 4.39 Å². The van der Waals surface area contributed by atoms with Crippen LogP contribution in [0.3, 0.4) is 0 Å². The van der Waals surface area contributed by atoms with Crippen molar-refractivity contribution < 1.29 is 14.0 Å². The number of nitrogens with one attached hydrogen (secondary N) is 1. The average Bonchev–Trinajstić information content (AvgIpc) is 3.34. The highest BCUT2D eigenvalue weighted by Crippen LogP contribution is 2.30. The van der Waals surface area contributed by atoms with Gasteiger partial charge in [-0.15, -0.1) is 11.3 Å². The number of benzene rings is 1. The second-order valence-electron chi connectivity index (χ2n) is 8.55. The van der Waals surface area contributed by atoms with Gasteiger partial charge in [-0.05, 0) is 49.8 Å². The molecule has 0 saturated carbocycles. The predicted octanol–water partition coefficient (Wildman–Crippen LogP) is 3.27. The fourth-order valence-corrected chi connectivity index (χ4v) is 5.70. The lowest BCUT2D eigenvalue weighted by Crippen LogP contribution is -2.54. The lowest BCUT2D eigenvalue weighted by molar-refractivity contribution is -0.147. The number of hydrogen-bond donors (Lipinski definition) is 1. The summed E-state index contributed by atoms with van der Waals surface area (Å²) in [5, 5.41) is 5.01. The quantitative estimate of drug-likeness (QED) is 0.699. The number of carbonyl (C=O) groups excluding carboxylic acids is 2. The van der Waals surface area contributed by atoms with E-state index in [1.807, 2.05) is 30.5 Å². The van der Waals surface area contributed by atoms with Gasteiger partial charge in [0.25, 0.3) is 0 Å². The first-order valence-corrected chi connectivity index (χ1v) is 12.3. The molecule has 0 bridgehead atoms. The van der Waals surface area contributed by atoms with Crippen LogP contribution in [-0.4, -0.2) is 66.9 Å². The lowest BCUT2D eigenvalue weighted by Gasteiger charge is -2.42. The third-order valence-electron chi connectivity index (χ3n) is 6.41. The molecule has 0 aliphatic carbocycles. The molecule has 8 heteroatoms. The third kappa shape index (κ3) is 5.13. The van der Waals surface area contributed by atoms with Crippen molar-refractivity contribution in [1.29, 1.82) is 0 Å². The van der Waals surface area contributed by atoms with Crippen molar-refractivity contribution >= 4 is 28.8 Å². The normalized spacial score (nSPS) is 19.4. The summed E-state index contributed by atoms with van der Waals surface area (Å²) in [4.78, 5) is 32.6. The van der Waals surface area contributed by atoms with Crippen LogP contribution >= 0.6 is 11.3 Å². The maximum Gasteiger partial charge on any atom is 0.311 e. The van der Waals surface area contributed by atoms with E-state index in [-0.39, 0.29) is 17.9 Å². The van der Waals surface area contributed by atoms with Crippen molar-refractivity contribution in [2.75, 3.05) is 44.2 Å². The standard InChI is InChI=1S/C24H31FN4O2S/c1-18(26-23(30)24(31)29-11-5-2-6-12-29)22(21-10-7-17-32-21)28-15-13-27(14-16-28)20-9-4-3-8-19(20)25/h3-4,7-10,17-18,22H,2,5-6,11-16H2,1H3,(H,26,30)/t18-,22+/m0/s1. The first-order valence-electron chi connectivity index (χ1n) is 11.4. The number of piperidine rings is 1. The Kier molecular flexibility index (Phi) is 7.42. The van der Waals surface area contributed by atoms with E-state index in [2.05, 4.69) is 21.2 Å². The van der Waals surface area contributed by atoms with E-state index in [0.717, 1.165) is 37.2 Å². The zero-order chi connectivity index (χ0) is 22.5. The van der Waals surface area contributed by atoms with Gasteiger partial charge in [0.1, 0.15) is 5.82 Å². The molecule has 0 spiro atoms. The SMILES string of the molecule is C[C@H](NC(=O)C(=O)N1CCCCC1)[C@H](c1cccs1)N1CCN(c2ccccc2F)CC1. The maximum absolute atomic E-state index is 14.2. The van der Waals surface area contributed by atoms with E-state index < -0.39 is 11.8 Å². The van der Waals surface area contributed by atoms with Crippen molar-refractivity contribution in [2.24, 2.45) is 0 Å². The van der Waals surface area contributed by atoms with Crippen molar-refractivity contribution in [2.45, 2.75) is 38.3 Å². The highest BCUT2D eigenvalue weighted by Gasteiger charge is 2.33. The third-order valence-corrected chi connectivity index (χ3v) is 7.35. The monoisotopic (exact) mass is 458 g/mol. The number of piperazine rings is 1. The Bertz CT molecular complexity index is 908. The molecule has 2 fully saturated rings. The van der Waals surface area contributed by atoms with Crippen LogP contribution in [0.25, 0.3) is 0 Å². The van der Waals surface area contributed by atoms with Gasteiger partial charge in [-0.3, -0.25) is 14.5 Å². The molecule has 2 aliphatic heterocycles. The van der Waals surface area contributed by atoms with E-state index in [1.54, 1.807) is 22.3 Å². The van der Waals surface area contributed by atoms with Crippen LogP contribution in [0.1, 0.15) is 37.1 Å². The number of thiophene rings is 1. The number of amides is 2. The minimum atomic E-state index is -0.522. The number of carbonyl (C=O) groups is 2. The Morgan fingerprint density at radius 3 is 2.34 bits per heavy atom. The molecule has 2 aromatic rings. The van der Waals surface area contributed by atoms with Gasteiger partial charge in [-0.1, -0.05) is 18.2 Å². The molecule has 2 amide bonds. The first kappa shape index (κ1) is 22.7. The van der Waals surface area contributed by atoms with Crippen LogP contribution < -0.4 is 10.2 Å². The maximum atomic E-state index is 14.2. The van der Waals surface area contributed by atoms with Gasteiger partial charge < -0.3 is 15.1 Å². The summed E-state index contributed by atoms with van der Waals surface area (Å²) in [5.74, 6) is -1.15. The van der Waals surface area contributed by atoms with Crippen LogP contribution in [0.4, 0.5) is 10.1 Å². The molecule has 32 heavy (non-hydrogen) atoms. The molecule has 2 aliphatic rings. The van der Waals surface area contributed by atoms with Gasteiger partial charge >= 0.3 is 11.8 Å². The van der Waals surface area contributed by atoms with E-state index in [9.17, 15) is 14.0 Å². The summed E-state index contributed by atoms with van der Waals surface area (Å²) in [6.45, 7) is 6.19. The Hall–Kier alpha value is -2.45. The molecule has 0 unspecified atom stereocenters. The van der Waals surface area contributed by atoms with Crippen LogP contribution in [0.2, 0.25) is 0 Å². The topological polar surface area (TPSA) is 55.9 Å². The zero-order valence-corrected chi connectivity index (χ0v) is 19.3. The fourth-order valence-electron chi connectivity index (χ4n) is 4.74. The average molecular weight is 459 g/mol. The Balaban J connectivity index is 1.42. The van der Waals surface area contributed by atoms with Crippen LogP contribution in [0.15, 0.2) is 41.8 Å². The molecule has 2 saturated heterocycles. The van der Waals surface area contributed by atoms with Gasteiger partial charge in [-0.2, -0.15) is 0 Å². The second kappa shape index (κ2) is 10.4. The van der Waals surface area contributed by atoms with Crippen molar-refractivity contribution in [3.05, 3.63) is 52.5 Å². The molecule has 172 valence electrons. The van der Waals surface area contributed by atoms with E-state index >= 15 is 0 Å². The number of hydrogen-bond acceptors (Lipinski definition) is 5. The number of rotatable bonds is 5. The Labute approximate surface area is 193 Å². The predicted molar refractivity (Wildman–Crippen MR) is 125 cm³/mol. The van der Waals surface area contributed by atoms with Gasteiger partial charge in [0.05, 0.1) is 11.7 Å². The summed E-state index contributed by atoms with van der Waals surface area (Å²) < 4.78 is 14.2. The largest absolute Gasteiger partial charge is 0.367 e. The van der Waals surface area contributed by atoms with Crippen molar-refractivity contribution in [3.63, 3.8) is 0 Å². The van der Waals surface area contributed by atoms with Crippen LogP contribution in [0, 0.1) is 5.82 Å². The van der Waals surface area contributed by atoms with E-state index in [1.165, 1.54) is 6.07 Å². The summed E-state index contributed by atoms with van der Waals surface area (Å²) >= 11 is 1.65. The highest BCUT2D eigenvalue weighted by atomic mass is 32.1. The molecule has 2 atom stereocenters. The van der Waals surface area contributed by atoms with Crippen molar-refractivity contribution in [1.82, 2.24) is 15.1 Å². The first-order chi connectivity index (χ1) is 15.5. The Morgan fingerprint density at radius 1 is 0.969 bits per heavy atom. The minimum absolute atomic E-state index is 0.0316. The minimum Gasteiger partial charge on any atom is -0.367 e. The van der Waals surface area contributed by atoms with Crippen LogP contribution in [-0.2, 0) is 9.59 Å². The number of para-hydroxylation sites is 1. The molecular formula is C24H31FN4O2S. The number of halogens is 1. The zero-order valence-electron chi connectivity index (χ0n) is 18.5. The smallest absolute Gasteiger partial charge is 0.311 e. The molecule has 4 rings (SSSR count). The summed E-state index contributed by atoms with van der Waals surface area (Å²) in [6.07, 6.45) is 3.03. The number of nitrogens with zero attached hydrogens (tertiary/aromatic N) is 3. The van der Waals surface area contributed by atoms with E-state index in [4.69, 9.17) is 0 Å². The lowest BCUT2D eigenvalue weighted by atomic mass is 10.0. The Morgan fingerprint density at radius 2 is 1.69 bits per heavy atom. The fraction of sp³-hybridized carbons (Fsp3) is 0.500. The summed E-state index contributed by atoms with van der Waals surface area (Å²) in [6, 6.07) is 10.7. The molecule has 0 radical (unpaired) electrons. The number of likely N-dealkylation sites (tertiary alicyclic amines) is 1.